The third kappa shape index (κ3) is 2.41. The van der Waals surface area contributed by atoms with Gasteiger partial charge in [0.2, 0.25) is 0 Å². The van der Waals surface area contributed by atoms with E-state index in [0.29, 0.717) is 18.3 Å². The molecule has 3 aliphatic carbocycles. The van der Waals surface area contributed by atoms with E-state index in [1.54, 1.807) is 0 Å². The van der Waals surface area contributed by atoms with E-state index in [9.17, 15) is 20.1 Å². The smallest absolute Gasteiger partial charge is 0.167 e. The molecule has 0 unspecified atom stereocenters. The Kier molecular flexibility index (Phi) is 4.26. The Morgan fingerprint density at radius 1 is 1.21 bits per heavy atom. The molecule has 136 valence electrons. The van der Waals surface area contributed by atoms with Gasteiger partial charge in [-0.15, -0.1) is 0 Å². The van der Waals surface area contributed by atoms with Crippen molar-refractivity contribution in [1.82, 2.24) is 0 Å². The molecule has 0 heterocycles. The Bertz CT molecular complexity index is 566. The van der Waals surface area contributed by atoms with Gasteiger partial charge in [-0.2, -0.15) is 0 Å². The summed E-state index contributed by atoms with van der Waals surface area (Å²) < 4.78 is 0. The minimum Gasteiger partial charge on any atom is -0.390 e. The molecular weight excluding hydrogens is 304 g/mol. The fourth-order valence-electron chi connectivity index (χ4n) is 6.27. The number of hydrogen-bond donors (Lipinski definition) is 3. The summed E-state index contributed by atoms with van der Waals surface area (Å²) >= 11 is 0. The van der Waals surface area contributed by atoms with Gasteiger partial charge in [0.1, 0.15) is 6.61 Å². The number of aliphatic hydroxyl groups is 3. The van der Waals surface area contributed by atoms with E-state index in [1.165, 1.54) is 5.57 Å². The molecule has 0 radical (unpaired) electrons. The van der Waals surface area contributed by atoms with Crippen molar-refractivity contribution < 1.29 is 20.1 Å². The molecule has 0 aromatic carbocycles. The molecule has 2 saturated carbocycles. The zero-order valence-corrected chi connectivity index (χ0v) is 15.4. The van der Waals surface area contributed by atoms with Crippen molar-refractivity contribution in [2.75, 3.05) is 6.61 Å². The van der Waals surface area contributed by atoms with Crippen LogP contribution in [0, 0.1) is 28.1 Å². The monoisotopic (exact) mass is 336 g/mol. The summed E-state index contributed by atoms with van der Waals surface area (Å²) in [6, 6.07) is 0. The molecule has 0 aliphatic heterocycles. The predicted molar refractivity (Wildman–Crippen MR) is 92.2 cm³/mol. The van der Waals surface area contributed by atoms with E-state index in [4.69, 9.17) is 0 Å². The Morgan fingerprint density at radius 2 is 1.88 bits per heavy atom. The van der Waals surface area contributed by atoms with Crippen LogP contribution in [0.25, 0.3) is 0 Å². The van der Waals surface area contributed by atoms with Crippen molar-refractivity contribution in [3.63, 3.8) is 0 Å². The number of Topliss-reactive ketones (excluding diaryl/α,β-unsaturated/α-hetero) is 1. The molecule has 0 amide bonds. The maximum atomic E-state index is 12.2. The van der Waals surface area contributed by atoms with Crippen LogP contribution in [0.15, 0.2) is 11.6 Å². The first-order chi connectivity index (χ1) is 11.1. The van der Waals surface area contributed by atoms with Crippen LogP contribution in [0.1, 0.15) is 59.8 Å². The average molecular weight is 336 g/mol. The second-order valence-corrected chi connectivity index (χ2v) is 9.44. The summed E-state index contributed by atoms with van der Waals surface area (Å²) in [5.74, 6) is 0.626. The number of aliphatic hydroxyl groups excluding tert-OH is 3. The fourth-order valence-corrected chi connectivity index (χ4v) is 6.27. The normalized spacial score (nSPS) is 47.4. The molecule has 24 heavy (non-hydrogen) atoms. The minimum atomic E-state index is -0.687. The molecule has 2 fully saturated rings. The van der Waals surface area contributed by atoms with Crippen molar-refractivity contribution in [1.29, 1.82) is 0 Å². The molecule has 3 aliphatic rings. The van der Waals surface area contributed by atoms with Crippen LogP contribution < -0.4 is 0 Å². The van der Waals surface area contributed by atoms with Crippen molar-refractivity contribution in [3.05, 3.63) is 11.6 Å². The van der Waals surface area contributed by atoms with Gasteiger partial charge in [0, 0.05) is 5.41 Å². The largest absolute Gasteiger partial charge is 0.390 e. The highest BCUT2D eigenvalue weighted by Crippen LogP contribution is 2.63. The van der Waals surface area contributed by atoms with E-state index in [-0.39, 0.29) is 16.6 Å². The van der Waals surface area contributed by atoms with Crippen LogP contribution in [0.2, 0.25) is 0 Å². The zero-order valence-electron chi connectivity index (χ0n) is 15.4. The first-order valence-electron chi connectivity index (χ1n) is 9.28. The lowest BCUT2D eigenvalue weighted by atomic mass is 9.44. The highest BCUT2D eigenvalue weighted by molar-refractivity contribution is 5.87. The lowest BCUT2D eigenvalue weighted by Crippen LogP contribution is -2.60. The Balaban J connectivity index is 1.98. The summed E-state index contributed by atoms with van der Waals surface area (Å²) in [5.41, 5.74) is 0.422. The van der Waals surface area contributed by atoms with E-state index in [1.807, 2.05) is 6.92 Å². The molecule has 6 atom stereocenters. The summed E-state index contributed by atoms with van der Waals surface area (Å²) in [7, 11) is 0. The topological polar surface area (TPSA) is 77.8 Å². The molecule has 0 aromatic rings. The molecule has 3 rings (SSSR count). The van der Waals surface area contributed by atoms with Gasteiger partial charge < -0.3 is 15.3 Å². The Labute approximate surface area is 145 Å². The van der Waals surface area contributed by atoms with Gasteiger partial charge in [-0.05, 0) is 61.7 Å². The van der Waals surface area contributed by atoms with E-state index in [0.717, 1.165) is 25.7 Å². The minimum absolute atomic E-state index is 0.0458. The highest BCUT2D eigenvalue weighted by atomic mass is 16.3. The third-order valence-corrected chi connectivity index (χ3v) is 7.67. The van der Waals surface area contributed by atoms with Crippen LogP contribution in [-0.2, 0) is 4.79 Å². The van der Waals surface area contributed by atoms with Gasteiger partial charge in [0.05, 0.1) is 12.2 Å². The van der Waals surface area contributed by atoms with Crippen LogP contribution in [0.5, 0.6) is 0 Å². The molecule has 0 spiro atoms. The second kappa shape index (κ2) is 5.65. The van der Waals surface area contributed by atoms with Crippen LogP contribution in [-0.4, -0.2) is 39.9 Å². The van der Waals surface area contributed by atoms with Crippen molar-refractivity contribution >= 4 is 5.78 Å². The number of carbonyl (C=O) groups excluding carboxylic acids is 1. The quantitative estimate of drug-likeness (QED) is 0.677. The SMILES string of the molecule is CC1(C)[C@H]2CCC3=C[C@@](C)(C(=O)CO)CC[C@H]3[C@]2(C)C[C@H](O)[C@@H]1O. The predicted octanol–water partition coefficient (Wildman–Crippen LogP) is 2.46. The van der Waals surface area contributed by atoms with Crippen molar-refractivity contribution in [3.8, 4) is 0 Å². The molecule has 3 N–H and O–H groups in total. The highest BCUT2D eigenvalue weighted by Gasteiger charge is 2.59. The summed E-state index contributed by atoms with van der Waals surface area (Å²) in [6.07, 6.45) is 4.98. The van der Waals surface area contributed by atoms with Crippen molar-refractivity contribution in [2.24, 2.45) is 28.1 Å². The number of hydrogen-bond acceptors (Lipinski definition) is 4. The molecule has 4 heteroatoms. The summed E-state index contributed by atoms with van der Waals surface area (Å²) in [4.78, 5) is 12.2. The van der Waals surface area contributed by atoms with Crippen LogP contribution >= 0.6 is 0 Å². The molecule has 4 nitrogen and oxygen atoms in total. The lowest BCUT2D eigenvalue weighted by molar-refractivity contribution is -0.182. The van der Waals surface area contributed by atoms with Gasteiger partial charge >= 0.3 is 0 Å². The zero-order chi connectivity index (χ0) is 17.9. The van der Waals surface area contributed by atoms with Gasteiger partial charge in [-0.3, -0.25) is 4.79 Å². The van der Waals surface area contributed by atoms with Crippen LogP contribution in [0.4, 0.5) is 0 Å². The lowest BCUT2D eigenvalue weighted by Gasteiger charge is -2.61. The first-order valence-corrected chi connectivity index (χ1v) is 9.28. The van der Waals surface area contributed by atoms with Crippen LogP contribution in [0.3, 0.4) is 0 Å². The Hall–Kier alpha value is -0.710. The molecule has 0 bridgehead atoms. The fraction of sp³-hybridized carbons (Fsp3) is 0.850. The Morgan fingerprint density at radius 3 is 2.50 bits per heavy atom. The molecule has 0 saturated heterocycles. The summed E-state index contributed by atoms with van der Waals surface area (Å²) in [6.45, 7) is 7.97. The van der Waals surface area contributed by atoms with Crippen molar-refractivity contribution in [2.45, 2.75) is 72.0 Å². The number of rotatable bonds is 2. The maximum absolute atomic E-state index is 12.2. The molecular formula is C20H32O4. The van der Waals surface area contributed by atoms with Gasteiger partial charge in [-0.25, -0.2) is 0 Å². The number of fused-ring (bicyclic) bond motifs is 3. The van der Waals surface area contributed by atoms with Gasteiger partial charge in [0.25, 0.3) is 0 Å². The average Bonchev–Trinajstić information content (AvgIpc) is 2.51. The maximum Gasteiger partial charge on any atom is 0.167 e. The van der Waals surface area contributed by atoms with Gasteiger partial charge in [0.15, 0.2) is 5.78 Å². The first kappa shape index (κ1) is 18.1. The summed E-state index contributed by atoms with van der Waals surface area (Å²) in [5, 5.41) is 30.3. The number of carbonyl (C=O) groups is 1. The van der Waals surface area contributed by atoms with E-state index < -0.39 is 24.2 Å². The van der Waals surface area contributed by atoms with E-state index in [2.05, 4.69) is 26.8 Å². The number of ketones is 1. The van der Waals surface area contributed by atoms with Gasteiger partial charge in [-0.1, -0.05) is 32.4 Å². The molecule has 0 aromatic heterocycles. The number of allylic oxidation sites excluding steroid dienone is 2. The second-order valence-electron chi connectivity index (χ2n) is 9.44. The third-order valence-electron chi connectivity index (χ3n) is 7.67. The van der Waals surface area contributed by atoms with E-state index >= 15 is 0 Å². The standard InChI is InChI=1S/C20H32O4/c1-18(2)15-6-5-12-9-19(3,16(23)11-21)8-7-13(12)20(15,4)10-14(22)17(18)24/h9,13-15,17,21-22,24H,5-8,10-11H2,1-4H3/t13-,14+,15-,17+,19+,20+/m1/s1.